The van der Waals surface area contributed by atoms with Gasteiger partial charge in [-0.05, 0) is 32.4 Å². The topological polar surface area (TPSA) is 82.5 Å². The molecule has 2 heterocycles. The summed E-state index contributed by atoms with van der Waals surface area (Å²) in [6, 6.07) is 0. The zero-order valence-electron chi connectivity index (χ0n) is 11.5. The van der Waals surface area contributed by atoms with Crippen molar-refractivity contribution >= 4 is 28.3 Å². The van der Waals surface area contributed by atoms with Gasteiger partial charge in [0, 0.05) is 11.6 Å². The average molecular weight is 297 g/mol. The van der Waals surface area contributed by atoms with Crippen molar-refractivity contribution in [3.8, 4) is 0 Å². The van der Waals surface area contributed by atoms with Crippen molar-refractivity contribution in [3.63, 3.8) is 0 Å². The van der Waals surface area contributed by atoms with Gasteiger partial charge < -0.3 is 10.4 Å². The molecule has 1 saturated heterocycles. The third-order valence-corrected chi connectivity index (χ3v) is 4.68. The van der Waals surface area contributed by atoms with Gasteiger partial charge >= 0.3 is 5.97 Å². The van der Waals surface area contributed by atoms with E-state index in [9.17, 15) is 14.7 Å². The number of thiazole rings is 1. The first-order chi connectivity index (χ1) is 9.55. The van der Waals surface area contributed by atoms with Crippen molar-refractivity contribution in [1.29, 1.82) is 0 Å². The van der Waals surface area contributed by atoms with Crippen LogP contribution >= 0.6 is 11.3 Å². The van der Waals surface area contributed by atoms with Crippen molar-refractivity contribution in [2.75, 3.05) is 25.0 Å². The standard InChI is InChI=1S/C13H19N3O3S/c1-2-13(11(18)19)3-6-16(7-4-13)9-10(17)15-12-14-5-8-20-12/h5,8H,2-4,6-7,9H2,1H3,(H,18,19)(H,14,15,17). The summed E-state index contributed by atoms with van der Waals surface area (Å²) in [7, 11) is 0. The summed E-state index contributed by atoms with van der Waals surface area (Å²) in [6.07, 6.45) is 3.48. The Labute approximate surface area is 121 Å². The van der Waals surface area contributed by atoms with Crippen molar-refractivity contribution in [3.05, 3.63) is 11.6 Å². The number of aromatic nitrogens is 1. The van der Waals surface area contributed by atoms with E-state index in [1.54, 1.807) is 11.6 Å². The van der Waals surface area contributed by atoms with Gasteiger partial charge in [0.15, 0.2) is 5.13 Å². The van der Waals surface area contributed by atoms with E-state index in [0.717, 1.165) is 0 Å². The molecule has 0 atom stereocenters. The molecular formula is C13H19N3O3S. The monoisotopic (exact) mass is 297 g/mol. The summed E-state index contributed by atoms with van der Waals surface area (Å²) in [6.45, 7) is 3.49. The second-order valence-corrected chi connectivity index (χ2v) is 6.00. The number of hydrogen-bond acceptors (Lipinski definition) is 5. The van der Waals surface area contributed by atoms with Gasteiger partial charge in [-0.3, -0.25) is 14.5 Å². The Morgan fingerprint density at radius 3 is 2.70 bits per heavy atom. The first-order valence-corrected chi connectivity index (χ1v) is 7.59. The van der Waals surface area contributed by atoms with Gasteiger partial charge in [0.2, 0.25) is 5.91 Å². The van der Waals surface area contributed by atoms with Crippen molar-refractivity contribution < 1.29 is 14.7 Å². The molecule has 0 aliphatic carbocycles. The lowest BCUT2D eigenvalue weighted by Gasteiger charge is -2.37. The summed E-state index contributed by atoms with van der Waals surface area (Å²) < 4.78 is 0. The highest BCUT2D eigenvalue weighted by Gasteiger charge is 2.39. The number of carboxylic acid groups (broad SMARTS) is 1. The number of hydrogen-bond donors (Lipinski definition) is 2. The van der Waals surface area contributed by atoms with Gasteiger partial charge in [0.05, 0.1) is 12.0 Å². The molecule has 7 heteroatoms. The smallest absolute Gasteiger partial charge is 0.309 e. The highest BCUT2D eigenvalue weighted by molar-refractivity contribution is 7.13. The summed E-state index contributed by atoms with van der Waals surface area (Å²) in [5.41, 5.74) is -0.609. The number of nitrogens with zero attached hydrogens (tertiary/aromatic N) is 2. The van der Waals surface area contributed by atoms with Crippen LogP contribution in [0.25, 0.3) is 0 Å². The van der Waals surface area contributed by atoms with Crippen molar-refractivity contribution in [1.82, 2.24) is 9.88 Å². The zero-order chi connectivity index (χ0) is 14.6. The fraction of sp³-hybridized carbons (Fsp3) is 0.615. The van der Waals surface area contributed by atoms with Crippen LogP contribution in [0, 0.1) is 5.41 Å². The molecule has 2 N–H and O–H groups in total. The van der Waals surface area contributed by atoms with E-state index in [0.29, 0.717) is 44.0 Å². The molecule has 1 amide bonds. The van der Waals surface area contributed by atoms with E-state index < -0.39 is 11.4 Å². The molecule has 0 bridgehead atoms. The van der Waals surface area contributed by atoms with Gasteiger partial charge in [0.25, 0.3) is 0 Å². The van der Waals surface area contributed by atoms with Crippen molar-refractivity contribution in [2.24, 2.45) is 5.41 Å². The lowest BCUT2D eigenvalue weighted by molar-refractivity contribution is -0.152. The molecule has 0 unspecified atom stereocenters. The minimum absolute atomic E-state index is 0.0979. The van der Waals surface area contributed by atoms with Gasteiger partial charge in [-0.2, -0.15) is 0 Å². The molecule has 2 rings (SSSR count). The SMILES string of the molecule is CCC1(C(=O)O)CCN(CC(=O)Nc2nccs2)CC1. The van der Waals surface area contributed by atoms with Gasteiger partial charge in [0.1, 0.15) is 0 Å². The molecule has 0 spiro atoms. The molecule has 1 aromatic heterocycles. The Bertz CT molecular complexity index is 467. The molecule has 20 heavy (non-hydrogen) atoms. The fourth-order valence-corrected chi connectivity index (χ4v) is 3.05. The molecule has 0 aromatic carbocycles. The van der Waals surface area contributed by atoms with Crippen LogP contribution in [0.5, 0.6) is 0 Å². The van der Waals surface area contributed by atoms with E-state index in [4.69, 9.17) is 0 Å². The molecule has 0 radical (unpaired) electrons. The van der Waals surface area contributed by atoms with Gasteiger partial charge in [-0.1, -0.05) is 6.92 Å². The quantitative estimate of drug-likeness (QED) is 0.863. The number of carbonyl (C=O) groups is 2. The van der Waals surface area contributed by atoms with Crippen LogP contribution in [0.4, 0.5) is 5.13 Å². The van der Waals surface area contributed by atoms with Crippen LogP contribution in [-0.2, 0) is 9.59 Å². The third-order valence-electron chi connectivity index (χ3n) is 3.99. The number of piperidine rings is 1. The molecule has 1 aliphatic rings. The van der Waals surface area contributed by atoms with Crippen LogP contribution in [0.1, 0.15) is 26.2 Å². The van der Waals surface area contributed by atoms with E-state index >= 15 is 0 Å². The van der Waals surface area contributed by atoms with E-state index in [-0.39, 0.29) is 5.91 Å². The highest BCUT2D eigenvalue weighted by Crippen LogP contribution is 2.34. The summed E-state index contributed by atoms with van der Waals surface area (Å²) in [5.74, 6) is -0.814. The molecule has 1 aromatic rings. The van der Waals surface area contributed by atoms with Crippen LogP contribution in [0.15, 0.2) is 11.6 Å². The highest BCUT2D eigenvalue weighted by atomic mass is 32.1. The Morgan fingerprint density at radius 2 is 2.20 bits per heavy atom. The maximum Gasteiger partial charge on any atom is 0.309 e. The number of anilines is 1. The Morgan fingerprint density at radius 1 is 1.50 bits per heavy atom. The van der Waals surface area contributed by atoms with Gasteiger partial charge in [-0.25, -0.2) is 4.98 Å². The molecule has 6 nitrogen and oxygen atoms in total. The second-order valence-electron chi connectivity index (χ2n) is 5.10. The largest absolute Gasteiger partial charge is 0.481 e. The molecule has 110 valence electrons. The minimum Gasteiger partial charge on any atom is -0.481 e. The summed E-state index contributed by atoms with van der Waals surface area (Å²) in [5, 5.41) is 14.5. The molecule has 1 aliphatic heterocycles. The Hall–Kier alpha value is -1.47. The molecular weight excluding hydrogens is 278 g/mol. The average Bonchev–Trinajstić information content (AvgIpc) is 2.92. The predicted molar refractivity (Wildman–Crippen MR) is 76.8 cm³/mol. The maximum absolute atomic E-state index is 11.8. The zero-order valence-corrected chi connectivity index (χ0v) is 12.3. The van der Waals surface area contributed by atoms with E-state index in [1.807, 2.05) is 11.8 Å². The first-order valence-electron chi connectivity index (χ1n) is 6.71. The number of amides is 1. The number of rotatable bonds is 5. The Kier molecular flexibility index (Phi) is 4.72. The predicted octanol–water partition coefficient (Wildman–Crippen LogP) is 1.66. The number of carbonyl (C=O) groups excluding carboxylic acids is 1. The summed E-state index contributed by atoms with van der Waals surface area (Å²) in [4.78, 5) is 29.2. The minimum atomic E-state index is -0.716. The van der Waals surface area contributed by atoms with Crippen LogP contribution in [-0.4, -0.2) is 46.5 Å². The third kappa shape index (κ3) is 3.34. The van der Waals surface area contributed by atoms with Crippen LogP contribution in [0.3, 0.4) is 0 Å². The van der Waals surface area contributed by atoms with E-state index in [2.05, 4.69) is 10.3 Å². The van der Waals surface area contributed by atoms with Gasteiger partial charge in [-0.15, -0.1) is 11.3 Å². The number of carboxylic acids is 1. The van der Waals surface area contributed by atoms with E-state index in [1.165, 1.54) is 11.3 Å². The fourth-order valence-electron chi connectivity index (χ4n) is 2.50. The first kappa shape index (κ1) is 14.9. The lowest BCUT2D eigenvalue weighted by Crippen LogP contribution is -2.46. The van der Waals surface area contributed by atoms with Crippen molar-refractivity contribution in [2.45, 2.75) is 26.2 Å². The number of aliphatic carboxylic acids is 1. The second kappa shape index (κ2) is 6.32. The molecule has 0 saturated carbocycles. The maximum atomic E-state index is 11.8. The lowest BCUT2D eigenvalue weighted by atomic mass is 9.76. The van der Waals surface area contributed by atoms with Crippen LogP contribution < -0.4 is 5.32 Å². The van der Waals surface area contributed by atoms with Crippen LogP contribution in [0.2, 0.25) is 0 Å². The number of likely N-dealkylation sites (tertiary alicyclic amines) is 1. The number of nitrogens with one attached hydrogen (secondary N) is 1. The summed E-state index contributed by atoms with van der Waals surface area (Å²) >= 11 is 1.38. The normalized spacial score (nSPS) is 18.6. The molecule has 1 fully saturated rings. The Balaban J connectivity index is 1.82.